The van der Waals surface area contributed by atoms with Gasteiger partial charge in [-0.3, -0.25) is 9.59 Å². The second-order valence-electron chi connectivity index (χ2n) is 8.18. The van der Waals surface area contributed by atoms with Crippen LogP contribution in [0.3, 0.4) is 0 Å². The zero-order chi connectivity index (χ0) is 23.5. The highest BCUT2D eigenvalue weighted by Crippen LogP contribution is 2.33. The quantitative estimate of drug-likeness (QED) is 0.510. The van der Waals surface area contributed by atoms with Crippen LogP contribution in [0.2, 0.25) is 5.02 Å². The first-order valence-corrected chi connectivity index (χ1v) is 12.2. The third-order valence-corrected chi connectivity index (χ3v) is 7.25. The SMILES string of the molecule is Cc1cccc(C(=O)N2CCCC2c2nnc(SCC(=O)Nc3cccc(Cl)c3C)n2C)c1. The average Bonchev–Trinajstić information content (AvgIpc) is 3.41. The van der Waals surface area contributed by atoms with Crippen molar-refractivity contribution in [3.05, 3.63) is 70.0 Å². The Hall–Kier alpha value is -2.84. The molecular weight excluding hydrogens is 458 g/mol. The number of anilines is 1. The van der Waals surface area contributed by atoms with Gasteiger partial charge >= 0.3 is 0 Å². The summed E-state index contributed by atoms with van der Waals surface area (Å²) in [6.45, 7) is 4.54. The molecule has 0 saturated carbocycles. The van der Waals surface area contributed by atoms with E-state index in [1.807, 2.05) is 60.7 Å². The van der Waals surface area contributed by atoms with Crippen LogP contribution in [0.25, 0.3) is 0 Å². The minimum Gasteiger partial charge on any atom is -0.328 e. The molecule has 7 nitrogen and oxygen atoms in total. The van der Waals surface area contributed by atoms with Crippen LogP contribution in [0.1, 0.15) is 46.2 Å². The lowest BCUT2D eigenvalue weighted by atomic mass is 10.1. The smallest absolute Gasteiger partial charge is 0.254 e. The van der Waals surface area contributed by atoms with Crippen molar-refractivity contribution in [1.82, 2.24) is 19.7 Å². The van der Waals surface area contributed by atoms with Crippen molar-refractivity contribution in [2.45, 2.75) is 37.9 Å². The Morgan fingerprint density at radius 1 is 1.18 bits per heavy atom. The normalized spacial score (nSPS) is 15.6. The van der Waals surface area contributed by atoms with Gasteiger partial charge in [-0.2, -0.15) is 0 Å². The summed E-state index contributed by atoms with van der Waals surface area (Å²) in [7, 11) is 1.88. The van der Waals surface area contributed by atoms with E-state index in [4.69, 9.17) is 11.6 Å². The minimum atomic E-state index is -0.146. The predicted molar refractivity (Wildman–Crippen MR) is 131 cm³/mol. The van der Waals surface area contributed by atoms with E-state index in [1.54, 1.807) is 12.1 Å². The van der Waals surface area contributed by atoms with Crippen LogP contribution in [0, 0.1) is 13.8 Å². The van der Waals surface area contributed by atoms with Crippen LogP contribution in [0.4, 0.5) is 5.69 Å². The van der Waals surface area contributed by atoms with Crippen LogP contribution < -0.4 is 5.32 Å². The number of hydrogen-bond donors (Lipinski definition) is 1. The second-order valence-corrected chi connectivity index (χ2v) is 9.52. The number of benzene rings is 2. The van der Waals surface area contributed by atoms with Crippen LogP contribution in [0.15, 0.2) is 47.6 Å². The molecule has 172 valence electrons. The molecule has 33 heavy (non-hydrogen) atoms. The average molecular weight is 484 g/mol. The van der Waals surface area contributed by atoms with E-state index < -0.39 is 0 Å². The number of likely N-dealkylation sites (tertiary alicyclic amines) is 1. The standard InChI is InChI=1S/C24H26ClN5O2S/c1-15-7-4-8-17(13-15)23(32)30-12-6-11-20(30)22-27-28-24(29(22)3)33-14-21(31)26-19-10-5-9-18(25)16(19)2/h4-5,7-10,13,20H,6,11-12,14H2,1-3H3,(H,26,31). The number of halogens is 1. The van der Waals surface area contributed by atoms with Crippen molar-refractivity contribution in [3.8, 4) is 0 Å². The number of carbonyl (C=O) groups excluding carboxylic acids is 2. The number of carbonyl (C=O) groups is 2. The van der Waals surface area contributed by atoms with Crippen LogP contribution in [-0.4, -0.2) is 43.8 Å². The third-order valence-electron chi connectivity index (χ3n) is 5.82. The second kappa shape index (κ2) is 9.97. The van der Waals surface area contributed by atoms with E-state index in [2.05, 4.69) is 15.5 Å². The lowest BCUT2D eigenvalue weighted by molar-refractivity contribution is -0.113. The predicted octanol–water partition coefficient (Wildman–Crippen LogP) is 4.79. The van der Waals surface area contributed by atoms with Gasteiger partial charge in [-0.1, -0.05) is 47.1 Å². The Balaban J connectivity index is 1.43. The number of aryl methyl sites for hydroxylation is 1. The monoisotopic (exact) mass is 483 g/mol. The Labute approximate surface area is 202 Å². The highest BCUT2D eigenvalue weighted by Gasteiger charge is 2.34. The van der Waals surface area contributed by atoms with Crippen molar-refractivity contribution < 1.29 is 9.59 Å². The number of aromatic nitrogens is 3. The summed E-state index contributed by atoms with van der Waals surface area (Å²) < 4.78 is 1.88. The summed E-state index contributed by atoms with van der Waals surface area (Å²) in [4.78, 5) is 27.5. The van der Waals surface area contributed by atoms with Gasteiger partial charge in [0.1, 0.15) is 0 Å². The highest BCUT2D eigenvalue weighted by molar-refractivity contribution is 7.99. The van der Waals surface area contributed by atoms with E-state index >= 15 is 0 Å². The molecule has 1 saturated heterocycles. The number of nitrogens with one attached hydrogen (secondary N) is 1. The number of hydrogen-bond acceptors (Lipinski definition) is 5. The summed E-state index contributed by atoms with van der Waals surface area (Å²) >= 11 is 7.44. The molecule has 1 unspecified atom stereocenters. The molecule has 0 spiro atoms. The van der Waals surface area contributed by atoms with Crippen molar-refractivity contribution in [3.63, 3.8) is 0 Å². The number of nitrogens with zero attached hydrogens (tertiary/aromatic N) is 4. The maximum atomic E-state index is 13.1. The third kappa shape index (κ3) is 5.07. The van der Waals surface area contributed by atoms with E-state index in [1.165, 1.54) is 11.8 Å². The maximum Gasteiger partial charge on any atom is 0.254 e. The molecule has 9 heteroatoms. The Morgan fingerprint density at radius 3 is 2.76 bits per heavy atom. The molecule has 2 heterocycles. The van der Waals surface area contributed by atoms with Gasteiger partial charge in [0.15, 0.2) is 11.0 Å². The van der Waals surface area contributed by atoms with Gasteiger partial charge in [-0.05, 0) is 56.5 Å². The van der Waals surface area contributed by atoms with Gasteiger partial charge in [0, 0.05) is 29.9 Å². The lowest BCUT2D eigenvalue weighted by Gasteiger charge is -2.24. The molecule has 3 aromatic rings. The van der Waals surface area contributed by atoms with E-state index in [0.717, 1.165) is 29.8 Å². The fourth-order valence-corrected chi connectivity index (χ4v) is 4.92. The Morgan fingerprint density at radius 2 is 1.97 bits per heavy atom. The molecule has 1 fully saturated rings. The topological polar surface area (TPSA) is 80.1 Å². The number of rotatable bonds is 6. The van der Waals surface area contributed by atoms with E-state index in [0.29, 0.717) is 28.0 Å². The van der Waals surface area contributed by atoms with Gasteiger partial charge in [0.25, 0.3) is 5.91 Å². The van der Waals surface area contributed by atoms with Gasteiger partial charge in [0.2, 0.25) is 5.91 Å². The minimum absolute atomic E-state index is 0.00896. The van der Waals surface area contributed by atoms with Crippen molar-refractivity contribution in [1.29, 1.82) is 0 Å². The van der Waals surface area contributed by atoms with E-state index in [9.17, 15) is 9.59 Å². The van der Waals surface area contributed by atoms with Crippen molar-refractivity contribution in [2.24, 2.45) is 7.05 Å². The Kier molecular flexibility index (Phi) is 7.05. The largest absolute Gasteiger partial charge is 0.328 e. The first-order valence-electron chi connectivity index (χ1n) is 10.8. The maximum absolute atomic E-state index is 13.1. The number of thioether (sulfide) groups is 1. The van der Waals surface area contributed by atoms with Gasteiger partial charge < -0.3 is 14.8 Å². The van der Waals surface area contributed by atoms with Crippen molar-refractivity contribution in [2.75, 3.05) is 17.6 Å². The molecule has 2 aromatic carbocycles. The molecule has 1 aromatic heterocycles. The van der Waals surface area contributed by atoms with E-state index in [-0.39, 0.29) is 23.6 Å². The van der Waals surface area contributed by atoms with Crippen molar-refractivity contribution >= 4 is 40.9 Å². The molecule has 1 N–H and O–H groups in total. The fourth-order valence-electron chi connectivity index (χ4n) is 4.02. The summed E-state index contributed by atoms with van der Waals surface area (Å²) in [5, 5.41) is 12.8. The molecule has 0 aliphatic carbocycles. The van der Waals surface area contributed by atoms with Crippen LogP contribution in [-0.2, 0) is 11.8 Å². The summed E-state index contributed by atoms with van der Waals surface area (Å²) in [6, 6.07) is 12.9. The molecule has 0 bridgehead atoms. The van der Waals surface area contributed by atoms with Gasteiger partial charge in [-0.25, -0.2) is 0 Å². The molecular formula is C24H26ClN5O2S. The molecule has 1 atom stereocenters. The molecule has 4 rings (SSSR count). The first kappa shape index (κ1) is 23.3. The first-order chi connectivity index (χ1) is 15.8. The van der Waals surface area contributed by atoms with Gasteiger partial charge in [-0.15, -0.1) is 10.2 Å². The Bertz CT molecular complexity index is 1200. The van der Waals surface area contributed by atoms with Crippen LogP contribution in [0.5, 0.6) is 0 Å². The molecule has 2 amide bonds. The van der Waals surface area contributed by atoms with Crippen LogP contribution >= 0.6 is 23.4 Å². The molecule has 1 aliphatic heterocycles. The summed E-state index contributed by atoms with van der Waals surface area (Å²) in [5.74, 6) is 0.790. The number of amides is 2. The zero-order valence-electron chi connectivity index (χ0n) is 18.8. The lowest BCUT2D eigenvalue weighted by Crippen LogP contribution is -2.32. The molecule has 1 aliphatic rings. The fraction of sp³-hybridized carbons (Fsp3) is 0.333. The summed E-state index contributed by atoms with van der Waals surface area (Å²) in [5.41, 5.74) is 3.27. The molecule has 0 radical (unpaired) electrons. The zero-order valence-corrected chi connectivity index (χ0v) is 20.4. The summed E-state index contributed by atoms with van der Waals surface area (Å²) in [6.07, 6.45) is 1.75. The van der Waals surface area contributed by atoms with Gasteiger partial charge in [0.05, 0.1) is 11.8 Å². The highest BCUT2D eigenvalue weighted by atomic mass is 35.5.